The molecule has 4 atom stereocenters. The minimum absolute atomic E-state index is 0.00797. The molecule has 4 unspecified atom stereocenters. The van der Waals surface area contributed by atoms with E-state index < -0.39 is 47.9 Å². The van der Waals surface area contributed by atoms with Crippen LogP contribution in [0.5, 0.6) is 0 Å². The Balaban J connectivity index is 2.71. The van der Waals surface area contributed by atoms with E-state index in [4.69, 9.17) is 5.73 Å². The molecule has 29 heavy (non-hydrogen) atoms. The van der Waals surface area contributed by atoms with E-state index in [-0.39, 0.29) is 18.1 Å². The summed E-state index contributed by atoms with van der Waals surface area (Å²) < 4.78 is 0. The van der Waals surface area contributed by atoms with Crippen molar-refractivity contribution in [3.05, 3.63) is 18.2 Å². The van der Waals surface area contributed by atoms with E-state index in [2.05, 4.69) is 38.5 Å². The Hall–Kier alpha value is -2.60. The molecule has 12 heteroatoms. The Morgan fingerprint density at radius 1 is 1.14 bits per heavy atom. The molecule has 0 aliphatic heterocycles. The molecule has 1 heterocycles. The predicted molar refractivity (Wildman–Crippen MR) is 108 cm³/mol. The number of thiol groups is 1. The van der Waals surface area contributed by atoms with E-state index in [0.717, 1.165) is 0 Å². The molecular formula is C17H28N6O5S. The number of carbonyl (C=O) groups is 4. The Bertz CT molecular complexity index is 711. The highest BCUT2D eigenvalue weighted by molar-refractivity contribution is 7.80. The average Bonchev–Trinajstić information content (AvgIpc) is 3.16. The highest BCUT2D eigenvalue weighted by atomic mass is 32.1. The van der Waals surface area contributed by atoms with Gasteiger partial charge in [-0.25, -0.2) is 9.78 Å². The largest absolute Gasteiger partial charge is 0.480 e. The molecule has 0 radical (unpaired) electrons. The molecule has 162 valence electrons. The maximum absolute atomic E-state index is 12.5. The van der Waals surface area contributed by atoms with Crippen LogP contribution in [0.3, 0.4) is 0 Å². The monoisotopic (exact) mass is 428 g/mol. The van der Waals surface area contributed by atoms with E-state index >= 15 is 0 Å². The van der Waals surface area contributed by atoms with Gasteiger partial charge in [-0.05, 0) is 12.8 Å². The third kappa shape index (κ3) is 7.74. The van der Waals surface area contributed by atoms with Crippen molar-refractivity contribution in [3.63, 3.8) is 0 Å². The van der Waals surface area contributed by atoms with Gasteiger partial charge in [-0.1, -0.05) is 13.8 Å². The third-order valence-corrected chi connectivity index (χ3v) is 4.52. The Kier molecular flexibility index (Phi) is 9.62. The van der Waals surface area contributed by atoms with Crippen LogP contribution in [0.15, 0.2) is 12.5 Å². The molecule has 0 saturated heterocycles. The first-order chi connectivity index (χ1) is 13.6. The summed E-state index contributed by atoms with van der Waals surface area (Å²) in [6.45, 7) is 4.87. The minimum Gasteiger partial charge on any atom is -0.480 e. The van der Waals surface area contributed by atoms with Crippen LogP contribution >= 0.6 is 12.6 Å². The van der Waals surface area contributed by atoms with Gasteiger partial charge in [0.2, 0.25) is 17.7 Å². The summed E-state index contributed by atoms with van der Waals surface area (Å²) in [5.74, 6) is -3.16. The van der Waals surface area contributed by atoms with Crippen molar-refractivity contribution in [2.75, 3.05) is 5.75 Å². The SMILES string of the molecule is CC(NC(=O)C(NC(=O)C(N)CS)C(C)C)C(=O)NC(Cc1cnc[nH]1)C(=O)O. The van der Waals surface area contributed by atoms with E-state index in [1.165, 1.54) is 19.4 Å². The van der Waals surface area contributed by atoms with Gasteiger partial charge in [0.05, 0.1) is 12.4 Å². The lowest BCUT2D eigenvalue weighted by atomic mass is 10.0. The lowest BCUT2D eigenvalue weighted by molar-refractivity contribution is -0.142. The number of carbonyl (C=O) groups excluding carboxylic acids is 3. The number of imidazole rings is 1. The Morgan fingerprint density at radius 2 is 1.79 bits per heavy atom. The number of aliphatic carboxylic acids is 1. The number of H-pyrrole nitrogens is 1. The van der Waals surface area contributed by atoms with Crippen LogP contribution in [0.1, 0.15) is 26.5 Å². The number of hydrogen-bond donors (Lipinski definition) is 7. The van der Waals surface area contributed by atoms with Crippen LogP contribution in [0.4, 0.5) is 0 Å². The first kappa shape index (κ1) is 24.4. The number of nitrogens with two attached hydrogens (primary N) is 1. The normalized spacial score (nSPS) is 15.1. The number of carboxylic acid groups (broad SMARTS) is 1. The van der Waals surface area contributed by atoms with Crippen molar-refractivity contribution in [2.24, 2.45) is 11.7 Å². The fourth-order valence-corrected chi connectivity index (χ4v) is 2.53. The topological polar surface area (TPSA) is 179 Å². The Morgan fingerprint density at radius 3 is 2.28 bits per heavy atom. The van der Waals surface area contributed by atoms with Crippen LogP contribution in [0.25, 0.3) is 0 Å². The van der Waals surface area contributed by atoms with Crippen LogP contribution in [-0.4, -0.2) is 68.7 Å². The molecule has 0 bridgehead atoms. The van der Waals surface area contributed by atoms with Crippen molar-refractivity contribution in [1.82, 2.24) is 25.9 Å². The zero-order chi connectivity index (χ0) is 22.1. The Labute approximate surface area is 174 Å². The van der Waals surface area contributed by atoms with Crippen LogP contribution in [0.2, 0.25) is 0 Å². The van der Waals surface area contributed by atoms with Gasteiger partial charge in [0.15, 0.2) is 0 Å². The van der Waals surface area contributed by atoms with Gasteiger partial charge in [-0.3, -0.25) is 14.4 Å². The summed E-state index contributed by atoms with van der Waals surface area (Å²) in [6.07, 6.45) is 2.87. The summed E-state index contributed by atoms with van der Waals surface area (Å²) in [6, 6.07) is -4.00. The number of nitrogens with one attached hydrogen (secondary N) is 4. The highest BCUT2D eigenvalue weighted by Crippen LogP contribution is 2.04. The van der Waals surface area contributed by atoms with E-state index in [9.17, 15) is 24.3 Å². The van der Waals surface area contributed by atoms with Crippen LogP contribution < -0.4 is 21.7 Å². The molecule has 1 rings (SSSR count). The van der Waals surface area contributed by atoms with Gasteiger partial charge >= 0.3 is 5.97 Å². The van der Waals surface area contributed by atoms with Crippen molar-refractivity contribution in [1.29, 1.82) is 0 Å². The number of aromatic nitrogens is 2. The smallest absolute Gasteiger partial charge is 0.326 e. The molecule has 0 saturated carbocycles. The molecule has 0 spiro atoms. The van der Waals surface area contributed by atoms with E-state index in [1.54, 1.807) is 13.8 Å². The predicted octanol–water partition coefficient (Wildman–Crippen LogP) is -1.58. The lowest BCUT2D eigenvalue weighted by Crippen LogP contribution is -2.58. The average molecular weight is 429 g/mol. The first-order valence-corrected chi connectivity index (χ1v) is 9.67. The summed E-state index contributed by atoms with van der Waals surface area (Å²) >= 11 is 3.95. The standard InChI is InChI=1S/C17H28N6O5S/c1-8(2)13(23-15(25)11(18)6-29)16(26)21-9(3)14(24)22-12(17(27)28)4-10-5-19-7-20-10/h5,7-9,11-13,29H,4,6,18H2,1-3H3,(H,19,20)(H,21,26)(H,22,24)(H,23,25)(H,27,28). The van der Waals surface area contributed by atoms with E-state index in [0.29, 0.717) is 5.69 Å². The van der Waals surface area contributed by atoms with Gasteiger partial charge in [0, 0.05) is 24.1 Å². The number of hydrogen-bond acceptors (Lipinski definition) is 7. The molecule has 0 aliphatic rings. The van der Waals surface area contributed by atoms with Gasteiger partial charge < -0.3 is 31.8 Å². The number of carboxylic acids is 1. The highest BCUT2D eigenvalue weighted by Gasteiger charge is 2.29. The molecule has 0 aliphatic carbocycles. The zero-order valence-electron chi connectivity index (χ0n) is 16.5. The maximum atomic E-state index is 12.5. The van der Waals surface area contributed by atoms with Crippen molar-refractivity contribution >= 4 is 36.3 Å². The summed E-state index contributed by atoms with van der Waals surface area (Å²) in [5, 5.41) is 16.7. The molecule has 1 aromatic rings. The minimum atomic E-state index is -1.22. The van der Waals surface area contributed by atoms with Gasteiger partial charge in [0.1, 0.15) is 18.1 Å². The second-order valence-electron chi connectivity index (χ2n) is 6.93. The molecule has 7 N–H and O–H groups in total. The van der Waals surface area contributed by atoms with Crippen molar-refractivity contribution < 1.29 is 24.3 Å². The molecule has 11 nitrogen and oxygen atoms in total. The number of aromatic amines is 1. The summed E-state index contributed by atoms with van der Waals surface area (Å²) in [5.41, 5.74) is 6.15. The van der Waals surface area contributed by atoms with Gasteiger partial charge in [0.25, 0.3) is 0 Å². The fourth-order valence-electron chi connectivity index (χ4n) is 2.36. The lowest BCUT2D eigenvalue weighted by Gasteiger charge is -2.25. The number of rotatable bonds is 11. The molecule has 0 aromatic carbocycles. The molecular weight excluding hydrogens is 400 g/mol. The van der Waals surface area contributed by atoms with Crippen molar-refractivity contribution in [2.45, 2.75) is 51.4 Å². The third-order valence-electron chi connectivity index (χ3n) is 4.13. The number of nitrogens with zero attached hydrogens (tertiary/aromatic N) is 1. The molecule has 0 fully saturated rings. The van der Waals surface area contributed by atoms with Gasteiger partial charge in [-0.15, -0.1) is 0 Å². The second kappa shape index (κ2) is 11.4. The first-order valence-electron chi connectivity index (χ1n) is 9.04. The molecule has 1 aromatic heterocycles. The quantitative estimate of drug-likeness (QED) is 0.208. The van der Waals surface area contributed by atoms with Crippen molar-refractivity contribution in [3.8, 4) is 0 Å². The fraction of sp³-hybridized carbons (Fsp3) is 0.588. The summed E-state index contributed by atoms with van der Waals surface area (Å²) in [4.78, 5) is 54.8. The molecule has 3 amide bonds. The van der Waals surface area contributed by atoms with Crippen LogP contribution in [0, 0.1) is 5.92 Å². The second-order valence-corrected chi connectivity index (χ2v) is 7.30. The van der Waals surface area contributed by atoms with Gasteiger partial charge in [-0.2, -0.15) is 12.6 Å². The number of amides is 3. The maximum Gasteiger partial charge on any atom is 0.326 e. The van der Waals surface area contributed by atoms with E-state index in [1.807, 2.05) is 0 Å². The zero-order valence-corrected chi connectivity index (χ0v) is 17.4. The van der Waals surface area contributed by atoms with Crippen LogP contribution in [-0.2, 0) is 25.6 Å². The summed E-state index contributed by atoms with van der Waals surface area (Å²) in [7, 11) is 0.